The highest BCUT2D eigenvalue weighted by molar-refractivity contribution is 5.77. The molecular weight excluding hydrogens is 242 g/mol. The molecule has 1 aromatic carbocycles. The number of carbonyl (C=O) groups excluding carboxylic acids is 1. The van der Waals surface area contributed by atoms with Crippen molar-refractivity contribution >= 4 is 5.91 Å². The molecule has 0 aromatic heterocycles. The maximum atomic E-state index is 12.1. The predicted octanol–water partition coefficient (Wildman–Crippen LogP) is 2.09. The third-order valence-electron chi connectivity index (χ3n) is 2.67. The van der Waals surface area contributed by atoms with Gasteiger partial charge in [-0.3, -0.25) is 4.79 Å². The first-order valence-electron chi connectivity index (χ1n) is 6.55. The zero-order valence-corrected chi connectivity index (χ0v) is 12.0. The Balaban J connectivity index is 2.57. The van der Waals surface area contributed by atoms with Gasteiger partial charge in [0.1, 0.15) is 6.61 Å². The zero-order chi connectivity index (χ0) is 14.1. The molecule has 0 aliphatic rings. The maximum absolute atomic E-state index is 12.1. The monoisotopic (exact) mass is 265 g/mol. The topological polar surface area (TPSA) is 38.8 Å². The SMILES string of the molecule is COCCN(Cc1ccccc1)C(=O)COC(C)C. The lowest BCUT2D eigenvalue weighted by atomic mass is 10.2. The number of carbonyl (C=O) groups is 1. The molecule has 0 aliphatic heterocycles. The second-order valence-corrected chi connectivity index (χ2v) is 4.65. The Hall–Kier alpha value is -1.39. The second-order valence-electron chi connectivity index (χ2n) is 4.65. The Bertz CT molecular complexity index is 365. The van der Waals surface area contributed by atoms with Crippen molar-refractivity contribution in [1.29, 1.82) is 0 Å². The molecule has 0 fully saturated rings. The minimum atomic E-state index is -0.00500. The van der Waals surface area contributed by atoms with Crippen LogP contribution in [-0.2, 0) is 20.8 Å². The quantitative estimate of drug-likeness (QED) is 0.722. The number of hydrogen-bond donors (Lipinski definition) is 0. The van der Waals surface area contributed by atoms with E-state index in [1.807, 2.05) is 44.2 Å². The van der Waals surface area contributed by atoms with Crippen LogP contribution in [0.1, 0.15) is 19.4 Å². The highest BCUT2D eigenvalue weighted by atomic mass is 16.5. The summed E-state index contributed by atoms with van der Waals surface area (Å²) in [6, 6.07) is 9.93. The zero-order valence-electron chi connectivity index (χ0n) is 12.0. The smallest absolute Gasteiger partial charge is 0.248 e. The molecule has 1 amide bonds. The lowest BCUT2D eigenvalue weighted by Gasteiger charge is -2.23. The number of amides is 1. The molecule has 0 atom stereocenters. The van der Waals surface area contributed by atoms with Crippen LogP contribution >= 0.6 is 0 Å². The highest BCUT2D eigenvalue weighted by Crippen LogP contribution is 2.05. The van der Waals surface area contributed by atoms with Crippen molar-refractivity contribution in [3.8, 4) is 0 Å². The van der Waals surface area contributed by atoms with Gasteiger partial charge in [-0.1, -0.05) is 30.3 Å². The van der Waals surface area contributed by atoms with E-state index in [9.17, 15) is 4.79 Å². The van der Waals surface area contributed by atoms with E-state index in [0.717, 1.165) is 5.56 Å². The summed E-state index contributed by atoms with van der Waals surface area (Å²) in [5, 5.41) is 0. The molecule has 106 valence electrons. The van der Waals surface area contributed by atoms with Crippen LogP contribution in [0, 0.1) is 0 Å². The van der Waals surface area contributed by atoms with Crippen molar-refractivity contribution < 1.29 is 14.3 Å². The molecule has 4 nitrogen and oxygen atoms in total. The fourth-order valence-electron chi connectivity index (χ4n) is 1.63. The van der Waals surface area contributed by atoms with E-state index < -0.39 is 0 Å². The van der Waals surface area contributed by atoms with Gasteiger partial charge in [0, 0.05) is 20.2 Å². The average Bonchev–Trinajstić information content (AvgIpc) is 2.41. The Labute approximate surface area is 115 Å². The largest absolute Gasteiger partial charge is 0.383 e. The normalized spacial score (nSPS) is 10.7. The molecule has 19 heavy (non-hydrogen) atoms. The summed E-state index contributed by atoms with van der Waals surface area (Å²) in [6.07, 6.45) is 0.0601. The minimum absolute atomic E-state index is 0.00500. The summed E-state index contributed by atoms with van der Waals surface area (Å²) < 4.78 is 10.4. The molecule has 0 saturated heterocycles. The lowest BCUT2D eigenvalue weighted by Crippen LogP contribution is -2.36. The molecule has 0 N–H and O–H groups in total. The Kier molecular flexibility index (Phi) is 7.15. The fraction of sp³-hybridized carbons (Fsp3) is 0.533. The molecule has 0 heterocycles. The van der Waals surface area contributed by atoms with Crippen molar-refractivity contribution in [2.24, 2.45) is 0 Å². The van der Waals surface area contributed by atoms with Gasteiger partial charge in [-0.15, -0.1) is 0 Å². The summed E-state index contributed by atoms with van der Waals surface area (Å²) in [7, 11) is 1.63. The molecule has 0 saturated carbocycles. The predicted molar refractivity (Wildman–Crippen MR) is 74.8 cm³/mol. The van der Waals surface area contributed by atoms with Gasteiger partial charge in [0.15, 0.2) is 0 Å². The van der Waals surface area contributed by atoms with Crippen LogP contribution in [0.25, 0.3) is 0 Å². The third-order valence-corrected chi connectivity index (χ3v) is 2.67. The van der Waals surface area contributed by atoms with E-state index in [1.165, 1.54) is 0 Å². The minimum Gasteiger partial charge on any atom is -0.383 e. The molecule has 4 heteroatoms. The van der Waals surface area contributed by atoms with Gasteiger partial charge in [0.25, 0.3) is 0 Å². The van der Waals surface area contributed by atoms with Crippen LogP contribution in [0.15, 0.2) is 30.3 Å². The van der Waals surface area contributed by atoms with Gasteiger partial charge in [-0.25, -0.2) is 0 Å². The molecule has 1 rings (SSSR count). The van der Waals surface area contributed by atoms with E-state index in [2.05, 4.69) is 0 Å². The van der Waals surface area contributed by atoms with Gasteiger partial charge in [-0.05, 0) is 19.4 Å². The summed E-state index contributed by atoms with van der Waals surface area (Å²) >= 11 is 0. The Morgan fingerprint density at radius 2 is 1.95 bits per heavy atom. The van der Waals surface area contributed by atoms with Crippen molar-refractivity contribution in [2.75, 3.05) is 26.9 Å². The molecule has 0 aliphatic carbocycles. The third kappa shape index (κ3) is 6.36. The first-order chi connectivity index (χ1) is 9.13. The van der Waals surface area contributed by atoms with Crippen LogP contribution in [-0.4, -0.2) is 43.8 Å². The Morgan fingerprint density at radius 3 is 2.53 bits per heavy atom. The number of nitrogens with zero attached hydrogens (tertiary/aromatic N) is 1. The van der Waals surface area contributed by atoms with Gasteiger partial charge < -0.3 is 14.4 Å². The molecular formula is C15H23NO3. The van der Waals surface area contributed by atoms with Crippen molar-refractivity contribution in [3.05, 3.63) is 35.9 Å². The van der Waals surface area contributed by atoms with E-state index >= 15 is 0 Å². The Morgan fingerprint density at radius 1 is 1.26 bits per heavy atom. The summed E-state index contributed by atoms with van der Waals surface area (Å²) in [5.74, 6) is -0.00500. The summed E-state index contributed by atoms with van der Waals surface area (Å²) in [6.45, 7) is 5.65. The number of hydrogen-bond acceptors (Lipinski definition) is 3. The lowest BCUT2D eigenvalue weighted by molar-refractivity contribution is -0.138. The van der Waals surface area contributed by atoms with Gasteiger partial charge in [0.2, 0.25) is 5.91 Å². The van der Waals surface area contributed by atoms with Crippen LogP contribution in [0.4, 0.5) is 0 Å². The van der Waals surface area contributed by atoms with E-state index in [1.54, 1.807) is 12.0 Å². The standard InChI is InChI=1S/C15H23NO3/c1-13(2)19-12-15(17)16(9-10-18-3)11-14-7-5-4-6-8-14/h4-8,13H,9-12H2,1-3H3. The second kappa shape index (κ2) is 8.67. The van der Waals surface area contributed by atoms with E-state index in [4.69, 9.17) is 9.47 Å². The van der Waals surface area contributed by atoms with Crippen LogP contribution in [0.5, 0.6) is 0 Å². The van der Waals surface area contributed by atoms with Crippen LogP contribution in [0.2, 0.25) is 0 Å². The number of methoxy groups -OCH3 is 1. The van der Waals surface area contributed by atoms with Crippen molar-refractivity contribution in [3.63, 3.8) is 0 Å². The summed E-state index contributed by atoms with van der Waals surface area (Å²) in [5.41, 5.74) is 1.11. The van der Waals surface area contributed by atoms with Gasteiger partial charge in [-0.2, -0.15) is 0 Å². The first kappa shape index (κ1) is 15.7. The number of ether oxygens (including phenoxy) is 2. The summed E-state index contributed by atoms with van der Waals surface area (Å²) in [4.78, 5) is 13.9. The van der Waals surface area contributed by atoms with E-state index in [-0.39, 0.29) is 18.6 Å². The van der Waals surface area contributed by atoms with E-state index in [0.29, 0.717) is 19.7 Å². The number of benzene rings is 1. The first-order valence-corrected chi connectivity index (χ1v) is 6.55. The number of rotatable bonds is 8. The van der Waals surface area contributed by atoms with Gasteiger partial charge >= 0.3 is 0 Å². The maximum Gasteiger partial charge on any atom is 0.248 e. The molecule has 0 bridgehead atoms. The highest BCUT2D eigenvalue weighted by Gasteiger charge is 2.14. The van der Waals surface area contributed by atoms with Crippen LogP contribution < -0.4 is 0 Å². The molecule has 0 spiro atoms. The molecule has 0 unspecified atom stereocenters. The molecule has 1 aromatic rings. The van der Waals surface area contributed by atoms with Crippen LogP contribution in [0.3, 0.4) is 0 Å². The van der Waals surface area contributed by atoms with Gasteiger partial charge in [0.05, 0.1) is 12.7 Å². The molecule has 0 radical (unpaired) electrons. The fourth-order valence-corrected chi connectivity index (χ4v) is 1.63. The van der Waals surface area contributed by atoms with Crippen molar-refractivity contribution in [1.82, 2.24) is 4.90 Å². The van der Waals surface area contributed by atoms with Crippen molar-refractivity contribution in [2.45, 2.75) is 26.5 Å². The average molecular weight is 265 g/mol.